The van der Waals surface area contributed by atoms with Crippen molar-refractivity contribution >= 4 is 23.1 Å². The average molecular weight is 201 g/mol. The molecule has 0 aromatic heterocycles. The van der Waals surface area contributed by atoms with Crippen LogP contribution in [0.3, 0.4) is 0 Å². The van der Waals surface area contributed by atoms with Crippen molar-refractivity contribution in [1.82, 2.24) is 0 Å². The van der Waals surface area contributed by atoms with E-state index in [1.54, 1.807) is 0 Å². The van der Waals surface area contributed by atoms with Crippen LogP contribution in [0.2, 0.25) is 0 Å². The molecule has 0 aliphatic rings. The van der Waals surface area contributed by atoms with Crippen LogP contribution in [0.15, 0.2) is 0 Å². The quantitative estimate of drug-likeness (QED) is 0.457. The van der Waals surface area contributed by atoms with Gasteiger partial charge in [0, 0.05) is 17.4 Å². The summed E-state index contributed by atoms with van der Waals surface area (Å²) in [7, 11) is 0. The Morgan fingerprint density at radius 2 is 1.25 bits per heavy atom. The molecule has 0 unspecified atom stereocenters. The van der Waals surface area contributed by atoms with E-state index < -0.39 is 0 Å². The van der Waals surface area contributed by atoms with Gasteiger partial charge in [-0.15, -0.1) is 0 Å². The Morgan fingerprint density at radius 3 is 1.25 bits per heavy atom. The minimum absolute atomic E-state index is 0. The molecule has 0 aliphatic heterocycles. The third-order valence-corrected chi connectivity index (χ3v) is 0. The molecule has 0 aromatic rings. The Labute approximate surface area is 62.5 Å². The molecule has 26 valence electrons. The van der Waals surface area contributed by atoms with Crippen LogP contribution in [-0.2, 0) is 40.0 Å². The second-order valence-corrected chi connectivity index (χ2v) is 0. The summed E-state index contributed by atoms with van der Waals surface area (Å²) in [6.45, 7) is 0. The Bertz CT molecular complexity index is 8.00. The third-order valence-electron chi connectivity index (χ3n) is 0. The fourth-order valence-electron chi connectivity index (χ4n) is 0. The SMILES string of the molecule is [Cr].[MgH2].[O]=[Pd]. The van der Waals surface area contributed by atoms with E-state index in [0.29, 0.717) is 0 Å². The fourth-order valence-corrected chi connectivity index (χ4v) is 0. The van der Waals surface area contributed by atoms with Crippen LogP contribution in [-0.4, -0.2) is 23.1 Å². The molecule has 0 saturated carbocycles. The summed E-state index contributed by atoms with van der Waals surface area (Å²) in [5.74, 6) is 0. The summed E-state index contributed by atoms with van der Waals surface area (Å²) in [6.07, 6.45) is 0. The second kappa shape index (κ2) is 21.7. The van der Waals surface area contributed by atoms with Crippen molar-refractivity contribution in [3.05, 3.63) is 0 Å². The van der Waals surface area contributed by atoms with Gasteiger partial charge in [0.15, 0.2) is 0 Å². The molecule has 0 spiro atoms. The van der Waals surface area contributed by atoms with Crippen molar-refractivity contribution in [3.8, 4) is 0 Å². The van der Waals surface area contributed by atoms with E-state index in [-0.39, 0.29) is 40.4 Å². The van der Waals surface area contributed by atoms with Crippen molar-refractivity contribution in [1.29, 1.82) is 0 Å². The third kappa shape index (κ3) is 9.25. The van der Waals surface area contributed by atoms with E-state index >= 15 is 0 Å². The van der Waals surface area contributed by atoms with Gasteiger partial charge in [-0.3, -0.25) is 0 Å². The van der Waals surface area contributed by atoms with Crippen LogP contribution in [0.5, 0.6) is 0 Å². The van der Waals surface area contributed by atoms with E-state index in [1.807, 2.05) is 0 Å². The molecule has 0 atom stereocenters. The summed E-state index contributed by atoms with van der Waals surface area (Å²) < 4.78 is 8.10. The van der Waals surface area contributed by atoms with Crippen LogP contribution >= 0.6 is 0 Å². The van der Waals surface area contributed by atoms with Gasteiger partial charge in [0.05, 0.1) is 0 Å². The number of hydrogen-bond acceptors (Lipinski definition) is 1. The maximum absolute atomic E-state index is 8.10. The van der Waals surface area contributed by atoms with Gasteiger partial charge in [-0.25, -0.2) is 0 Å². The summed E-state index contributed by atoms with van der Waals surface area (Å²) in [5, 5.41) is 0. The molecule has 0 bridgehead atoms. The molecule has 0 N–H and O–H groups in total. The summed E-state index contributed by atoms with van der Waals surface area (Å²) in [6, 6.07) is 0. The Morgan fingerprint density at radius 1 is 1.25 bits per heavy atom. The summed E-state index contributed by atoms with van der Waals surface area (Å²) in [4.78, 5) is 0. The van der Waals surface area contributed by atoms with Crippen molar-refractivity contribution in [3.63, 3.8) is 0 Å². The molecule has 0 heterocycles. The van der Waals surface area contributed by atoms with Gasteiger partial charge in [-0.2, -0.15) is 0 Å². The van der Waals surface area contributed by atoms with Crippen molar-refractivity contribution in [2.45, 2.75) is 0 Å². The molecule has 1 nitrogen and oxygen atoms in total. The van der Waals surface area contributed by atoms with Crippen LogP contribution in [0.1, 0.15) is 0 Å². The molecule has 0 radical (unpaired) electrons. The van der Waals surface area contributed by atoms with E-state index in [4.69, 9.17) is 3.47 Å². The van der Waals surface area contributed by atoms with E-state index in [2.05, 4.69) is 0 Å². The minimum atomic E-state index is 0. The molecule has 0 aromatic carbocycles. The normalized spacial score (nSPS) is 1.50. The molecule has 0 aliphatic carbocycles. The molecule has 4 heteroatoms. The van der Waals surface area contributed by atoms with Crippen LogP contribution < -0.4 is 0 Å². The van der Waals surface area contributed by atoms with E-state index in [9.17, 15) is 0 Å². The molecular formula is H2CrMgOPd. The monoisotopic (exact) mass is 200 g/mol. The molecule has 4 heavy (non-hydrogen) atoms. The zero-order chi connectivity index (χ0) is 2.00. The van der Waals surface area contributed by atoms with Gasteiger partial charge in [0.2, 0.25) is 0 Å². The van der Waals surface area contributed by atoms with Crippen LogP contribution in [0.4, 0.5) is 0 Å². The van der Waals surface area contributed by atoms with Crippen molar-refractivity contribution < 1.29 is 40.0 Å². The van der Waals surface area contributed by atoms with Gasteiger partial charge >= 0.3 is 45.7 Å². The Kier molecular flexibility index (Phi) is 93.0. The first kappa shape index (κ1) is 17.1. The van der Waals surface area contributed by atoms with Gasteiger partial charge in [0.1, 0.15) is 0 Å². The molecular weight excluding hydrogens is 199 g/mol. The zero-order valence-corrected chi connectivity index (χ0v) is 3.96. The molecule has 0 saturated heterocycles. The topological polar surface area (TPSA) is 17.1 Å². The van der Waals surface area contributed by atoms with Gasteiger partial charge in [-0.1, -0.05) is 0 Å². The van der Waals surface area contributed by atoms with Crippen LogP contribution in [0.25, 0.3) is 0 Å². The molecule has 0 fully saturated rings. The van der Waals surface area contributed by atoms with E-state index in [0.717, 1.165) is 0 Å². The average Bonchev–Trinajstić information content (AvgIpc) is 1.00. The summed E-state index contributed by atoms with van der Waals surface area (Å²) >= 11 is 1.50. The fraction of sp³-hybridized carbons (Fsp3) is 0. The first-order valence-corrected chi connectivity index (χ1v) is 0.764. The van der Waals surface area contributed by atoms with Crippen molar-refractivity contribution in [2.75, 3.05) is 0 Å². The van der Waals surface area contributed by atoms with Crippen LogP contribution in [0, 0.1) is 0 Å². The number of rotatable bonds is 0. The molecule has 0 rings (SSSR count). The maximum atomic E-state index is 8.10. The van der Waals surface area contributed by atoms with E-state index in [1.165, 1.54) is 19.2 Å². The Hall–Kier alpha value is 1.76. The Balaban J connectivity index is -0.00000000500. The molecule has 0 amide bonds. The number of hydrogen-bond donors (Lipinski definition) is 0. The standard InChI is InChI=1S/Cr.Mg.O.Pd.2H. The predicted molar refractivity (Wildman–Crippen MR) is 9.23 cm³/mol. The summed E-state index contributed by atoms with van der Waals surface area (Å²) in [5.41, 5.74) is 0. The predicted octanol–water partition coefficient (Wildman–Crippen LogP) is -1.04. The zero-order valence-electron chi connectivity index (χ0n) is 1.13. The van der Waals surface area contributed by atoms with Gasteiger partial charge in [-0.05, 0) is 0 Å². The second-order valence-electron chi connectivity index (χ2n) is 0. The first-order valence-electron chi connectivity index (χ1n) is 0.129. The first-order chi connectivity index (χ1) is 1.00. The van der Waals surface area contributed by atoms with Gasteiger partial charge in [0.25, 0.3) is 0 Å². The van der Waals surface area contributed by atoms with Crippen molar-refractivity contribution in [2.24, 2.45) is 0 Å². The van der Waals surface area contributed by atoms with Gasteiger partial charge < -0.3 is 0 Å².